The highest BCUT2D eigenvalue weighted by Crippen LogP contribution is 2.28. The van der Waals surface area contributed by atoms with Crippen LogP contribution in [0.5, 0.6) is 0 Å². The maximum Gasteiger partial charge on any atom is 0.263 e. The Labute approximate surface area is 139 Å². The predicted molar refractivity (Wildman–Crippen MR) is 87.9 cm³/mol. The fourth-order valence-corrected chi connectivity index (χ4v) is 3.12. The smallest absolute Gasteiger partial charge is 0.263 e. The van der Waals surface area contributed by atoms with E-state index in [0.717, 1.165) is 49.6 Å². The number of hydrogen-bond donors (Lipinski definition) is 0. The first-order valence-corrected chi connectivity index (χ1v) is 8.15. The third kappa shape index (κ3) is 2.84. The fourth-order valence-electron chi connectivity index (χ4n) is 3.12. The van der Waals surface area contributed by atoms with Gasteiger partial charge in [-0.1, -0.05) is 5.16 Å². The molecule has 8 heteroatoms. The van der Waals surface area contributed by atoms with Crippen molar-refractivity contribution >= 4 is 16.9 Å². The lowest BCUT2D eigenvalue weighted by molar-refractivity contribution is 0.0543. The van der Waals surface area contributed by atoms with E-state index >= 15 is 0 Å². The van der Waals surface area contributed by atoms with Crippen LogP contribution in [-0.4, -0.2) is 50.7 Å². The maximum absolute atomic E-state index is 6.00. The number of ether oxygens (including phenoxy) is 1. The Hall–Kier alpha value is -2.48. The van der Waals surface area contributed by atoms with Crippen LogP contribution in [0.3, 0.4) is 0 Å². The summed E-state index contributed by atoms with van der Waals surface area (Å²) in [6.45, 7) is 6.87. The average Bonchev–Trinajstić information content (AvgIpc) is 3.12. The number of rotatable bonds is 3. The predicted octanol–water partition coefficient (Wildman–Crippen LogP) is 1.73. The van der Waals surface area contributed by atoms with Gasteiger partial charge < -0.3 is 14.2 Å². The summed E-state index contributed by atoms with van der Waals surface area (Å²) in [6.07, 6.45) is 4.74. The van der Waals surface area contributed by atoms with Crippen molar-refractivity contribution in [1.29, 1.82) is 0 Å². The van der Waals surface area contributed by atoms with Crippen molar-refractivity contribution in [2.45, 2.75) is 32.9 Å². The zero-order chi connectivity index (χ0) is 16.5. The molecule has 0 radical (unpaired) electrons. The van der Waals surface area contributed by atoms with Gasteiger partial charge in [0.15, 0.2) is 0 Å². The minimum atomic E-state index is 0.0536. The largest absolute Gasteiger partial charge is 0.374 e. The van der Waals surface area contributed by atoms with Crippen LogP contribution in [0.25, 0.3) is 11.1 Å². The summed E-state index contributed by atoms with van der Waals surface area (Å²) in [4.78, 5) is 11.3. The lowest BCUT2D eigenvalue weighted by Crippen LogP contribution is -2.35. The number of aromatic nitrogens is 5. The third-order valence-corrected chi connectivity index (χ3v) is 4.20. The van der Waals surface area contributed by atoms with Gasteiger partial charge in [-0.05, 0) is 26.3 Å². The molecule has 4 heterocycles. The summed E-state index contributed by atoms with van der Waals surface area (Å²) < 4.78 is 13.2. The van der Waals surface area contributed by atoms with Crippen molar-refractivity contribution < 1.29 is 9.26 Å². The molecule has 3 aromatic heterocycles. The topological polar surface area (TPSA) is 82.1 Å². The SMILES string of the molecule is Cc1nc(N2CCCO[C@@H](Cn3cccn3)C2)c2c(C)noc2n1. The lowest BCUT2D eigenvalue weighted by Gasteiger charge is -2.25. The van der Waals surface area contributed by atoms with Gasteiger partial charge in [-0.2, -0.15) is 10.1 Å². The van der Waals surface area contributed by atoms with Gasteiger partial charge in [0.25, 0.3) is 5.71 Å². The van der Waals surface area contributed by atoms with Crippen molar-refractivity contribution in [3.8, 4) is 0 Å². The summed E-state index contributed by atoms with van der Waals surface area (Å²) in [6, 6.07) is 1.92. The first-order valence-electron chi connectivity index (χ1n) is 8.15. The van der Waals surface area contributed by atoms with Gasteiger partial charge in [0.2, 0.25) is 0 Å². The van der Waals surface area contributed by atoms with Crippen LogP contribution in [0.4, 0.5) is 5.82 Å². The zero-order valence-corrected chi connectivity index (χ0v) is 13.8. The van der Waals surface area contributed by atoms with E-state index in [4.69, 9.17) is 9.26 Å². The Balaban J connectivity index is 1.66. The van der Waals surface area contributed by atoms with Gasteiger partial charge in [-0.15, -0.1) is 0 Å². The van der Waals surface area contributed by atoms with E-state index in [-0.39, 0.29) is 6.10 Å². The molecule has 0 saturated carbocycles. The Morgan fingerprint density at radius 1 is 1.29 bits per heavy atom. The van der Waals surface area contributed by atoms with Gasteiger partial charge >= 0.3 is 0 Å². The van der Waals surface area contributed by atoms with Crippen LogP contribution in [-0.2, 0) is 11.3 Å². The summed E-state index contributed by atoms with van der Waals surface area (Å²) in [5.41, 5.74) is 1.36. The number of nitrogens with zero attached hydrogens (tertiary/aromatic N) is 6. The van der Waals surface area contributed by atoms with Crippen LogP contribution >= 0.6 is 0 Å². The Morgan fingerprint density at radius 2 is 2.21 bits per heavy atom. The number of fused-ring (bicyclic) bond motifs is 1. The van der Waals surface area contributed by atoms with E-state index < -0.39 is 0 Å². The molecule has 8 nitrogen and oxygen atoms in total. The zero-order valence-electron chi connectivity index (χ0n) is 13.8. The number of anilines is 1. The normalized spacial score (nSPS) is 18.9. The van der Waals surface area contributed by atoms with Crippen molar-refractivity contribution in [3.63, 3.8) is 0 Å². The Kier molecular flexibility index (Phi) is 3.89. The molecule has 0 amide bonds. The molecule has 0 aliphatic carbocycles. The highest BCUT2D eigenvalue weighted by Gasteiger charge is 2.24. The maximum atomic E-state index is 6.00. The van der Waals surface area contributed by atoms with Crippen molar-refractivity contribution in [3.05, 3.63) is 30.0 Å². The van der Waals surface area contributed by atoms with E-state index in [1.54, 1.807) is 6.20 Å². The molecule has 0 aromatic carbocycles. The molecule has 24 heavy (non-hydrogen) atoms. The molecule has 0 unspecified atom stereocenters. The van der Waals surface area contributed by atoms with Gasteiger partial charge in [-0.25, -0.2) is 4.98 Å². The minimum absolute atomic E-state index is 0.0536. The van der Waals surface area contributed by atoms with E-state index in [9.17, 15) is 0 Å². The standard InChI is InChI=1S/C16H20N6O2/c1-11-14-15(18-12(2)19-16(14)24-20-11)21-6-4-8-23-13(9-21)10-22-7-3-5-17-22/h3,5,7,13H,4,6,8-10H2,1-2H3/t13-/m1/s1. The third-order valence-electron chi connectivity index (χ3n) is 4.20. The second-order valence-corrected chi connectivity index (χ2v) is 6.06. The molecule has 0 N–H and O–H groups in total. The number of aryl methyl sites for hydroxylation is 2. The minimum Gasteiger partial charge on any atom is -0.374 e. The molecule has 3 aromatic rings. The van der Waals surface area contributed by atoms with E-state index in [1.807, 2.05) is 30.8 Å². The summed E-state index contributed by atoms with van der Waals surface area (Å²) in [5, 5.41) is 9.21. The highest BCUT2D eigenvalue weighted by molar-refractivity contribution is 5.88. The second kappa shape index (κ2) is 6.20. The van der Waals surface area contributed by atoms with Gasteiger partial charge in [0, 0.05) is 32.1 Å². The lowest BCUT2D eigenvalue weighted by atomic mass is 10.2. The highest BCUT2D eigenvalue weighted by atomic mass is 16.5. The molecule has 0 spiro atoms. The fraction of sp³-hybridized carbons (Fsp3) is 0.500. The van der Waals surface area contributed by atoms with E-state index in [1.165, 1.54) is 0 Å². The monoisotopic (exact) mass is 328 g/mol. The number of hydrogen-bond acceptors (Lipinski definition) is 7. The van der Waals surface area contributed by atoms with Crippen molar-refractivity contribution in [2.24, 2.45) is 0 Å². The van der Waals surface area contributed by atoms with E-state index in [0.29, 0.717) is 11.5 Å². The van der Waals surface area contributed by atoms with Crippen LogP contribution in [0.2, 0.25) is 0 Å². The Bertz CT molecular complexity index is 829. The van der Waals surface area contributed by atoms with Crippen LogP contribution < -0.4 is 4.90 Å². The van der Waals surface area contributed by atoms with Crippen LogP contribution in [0.15, 0.2) is 23.0 Å². The van der Waals surface area contributed by atoms with Crippen molar-refractivity contribution in [1.82, 2.24) is 24.9 Å². The molecule has 1 aliphatic heterocycles. The molecular formula is C16H20N6O2. The first kappa shape index (κ1) is 15.1. The molecule has 0 bridgehead atoms. The quantitative estimate of drug-likeness (QED) is 0.724. The Morgan fingerprint density at radius 3 is 3.04 bits per heavy atom. The van der Waals surface area contributed by atoms with Crippen molar-refractivity contribution in [2.75, 3.05) is 24.6 Å². The molecule has 4 rings (SSSR count). The first-order chi connectivity index (χ1) is 11.7. The molecule has 1 fully saturated rings. The van der Waals surface area contributed by atoms with Gasteiger partial charge in [-0.3, -0.25) is 4.68 Å². The van der Waals surface area contributed by atoms with E-state index in [2.05, 4.69) is 25.1 Å². The molecule has 1 saturated heterocycles. The summed E-state index contributed by atoms with van der Waals surface area (Å²) >= 11 is 0. The van der Waals surface area contributed by atoms with Crippen LogP contribution in [0, 0.1) is 13.8 Å². The van der Waals surface area contributed by atoms with Crippen LogP contribution in [0.1, 0.15) is 17.9 Å². The summed E-state index contributed by atoms with van der Waals surface area (Å²) in [7, 11) is 0. The second-order valence-electron chi connectivity index (χ2n) is 6.06. The molecular weight excluding hydrogens is 308 g/mol. The average molecular weight is 328 g/mol. The molecule has 126 valence electrons. The molecule has 1 aliphatic rings. The van der Waals surface area contributed by atoms with Gasteiger partial charge in [0.05, 0.1) is 18.3 Å². The summed E-state index contributed by atoms with van der Waals surface area (Å²) in [5.74, 6) is 1.56. The van der Waals surface area contributed by atoms with Gasteiger partial charge in [0.1, 0.15) is 17.0 Å². The molecule has 1 atom stereocenters.